The maximum atomic E-state index is 12.4. The highest BCUT2D eigenvalue weighted by atomic mass is 16.1. The van der Waals surface area contributed by atoms with Gasteiger partial charge >= 0.3 is 0 Å². The summed E-state index contributed by atoms with van der Waals surface area (Å²) in [5.41, 5.74) is 3.80. The first-order valence-electron chi connectivity index (χ1n) is 8.53. The number of para-hydroxylation sites is 1. The number of pyridine rings is 3. The second-order valence-electron chi connectivity index (χ2n) is 5.98. The Morgan fingerprint density at radius 1 is 0.926 bits per heavy atom. The summed E-state index contributed by atoms with van der Waals surface area (Å²) in [6.45, 7) is 0.402. The van der Waals surface area contributed by atoms with Gasteiger partial charge in [0.1, 0.15) is 5.69 Å². The van der Waals surface area contributed by atoms with Crippen LogP contribution in [0.5, 0.6) is 0 Å². The number of fused-ring (bicyclic) bond motifs is 1. The number of carbonyl (C=O) groups is 1. The van der Waals surface area contributed by atoms with Gasteiger partial charge in [-0.05, 0) is 35.9 Å². The highest BCUT2D eigenvalue weighted by Gasteiger charge is 2.09. The third-order valence-electron chi connectivity index (χ3n) is 4.08. The monoisotopic (exact) mass is 355 g/mol. The van der Waals surface area contributed by atoms with E-state index in [9.17, 15) is 4.79 Å². The summed E-state index contributed by atoms with van der Waals surface area (Å²) in [4.78, 5) is 25.0. The van der Waals surface area contributed by atoms with Gasteiger partial charge in [0.05, 0.1) is 11.2 Å². The highest BCUT2D eigenvalue weighted by Crippen LogP contribution is 2.24. The zero-order chi connectivity index (χ0) is 18.5. The quantitative estimate of drug-likeness (QED) is 0.571. The molecule has 6 nitrogen and oxygen atoms in total. The van der Waals surface area contributed by atoms with E-state index in [4.69, 9.17) is 0 Å². The van der Waals surface area contributed by atoms with Crippen LogP contribution in [0.3, 0.4) is 0 Å². The summed E-state index contributed by atoms with van der Waals surface area (Å²) in [7, 11) is 0. The molecular formula is C21H17N5O. The highest BCUT2D eigenvalue weighted by molar-refractivity contribution is 5.95. The molecule has 0 aliphatic heterocycles. The van der Waals surface area contributed by atoms with Crippen LogP contribution in [-0.4, -0.2) is 20.9 Å². The molecule has 1 aromatic carbocycles. The lowest BCUT2D eigenvalue weighted by Crippen LogP contribution is -2.23. The van der Waals surface area contributed by atoms with Gasteiger partial charge in [-0.25, -0.2) is 0 Å². The molecule has 0 aliphatic rings. The molecule has 4 aromatic rings. The third-order valence-corrected chi connectivity index (χ3v) is 4.08. The van der Waals surface area contributed by atoms with Crippen molar-refractivity contribution in [2.75, 3.05) is 5.32 Å². The van der Waals surface area contributed by atoms with Gasteiger partial charge in [0.2, 0.25) is 0 Å². The number of aromatic nitrogens is 3. The number of hydrogen-bond donors (Lipinski definition) is 2. The van der Waals surface area contributed by atoms with Crippen molar-refractivity contribution in [2.45, 2.75) is 6.54 Å². The van der Waals surface area contributed by atoms with Gasteiger partial charge in [0.15, 0.2) is 0 Å². The molecule has 0 saturated heterocycles. The van der Waals surface area contributed by atoms with E-state index in [2.05, 4.69) is 25.6 Å². The molecule has 1 amide bonds. The van der Waals surface area contributed by atoms with Crippen molar-refractivity contribution in [3.05, 3.63) is 90.6 Å². The van der Waals surface area contributed by atoms with E-state index in [1.807, 2.05) is 48.5 Å². The summed E-state index contributed by atoms with van der Waals surface area (Å²) >= 11 is 0. The second kappa shape index (κ2) is 7.61. The Kier molecular flexibility index (Phi) is 4.70. The van der Waals surface area contributed by atoms with Gasteiger partial charge in [-0.15, -0.1) is 0 Å². The van der Waals surface area contributed by atoms with Crippen molar-refractivity contribution in [3.63, 3.8) is 0 Å². The maximum absolute atomic E-state index is 12.4. The number of anilines is 2. The Morgan fingerprint density at radius 2 is 1.81 bits per heavy atom. The van der Waals surface area contributed by atoms with Crippen LogP contribution in [0.15, 0.2) is 79.4 Å². The fourth-order valence-electron chi connectivity index (χ4n) is 2.77. The average molecular weight is 355 g/mol. The molecule has 4 rings (SSSR count). The van der Waals surface area contributed by atoms with E-state index in [0.717, 1.165) is 27.8 Å². The topological polar surface area (TPSA) is 79.8 Å². The molecule has 0 atom stereocenters. The van der Waals surface area contributed by atoms with Crippen LogP contribution in [0.2, 0.25) is 0 Å². The summed E-state index contributed by atoms with van der Waals surface area (Å²) < 4.78 is 0. The largest absolute Gasteiger partial charge is 0.354 e. The molecule has 0 radical (unpaired) electrons. The van der Waals surface area contributed by atoms with Crippen molar-refractivity contribution in [1.29, 1.82) is 0 Å². The van der Waals surface area contributed by atoms with Crippen LogP contribution in [0.25, 0.3) is 10.9 Å². The predicted octanol–water partition coefficient (Wildman–Crippen LogP) is 3.70. The van der Waals surface area contributed by atoms with Gasteiger partial charge in [-0.2, -0.15) is 0 Å². The predicted molar refractivity (Wildman–Crippen MR) is 105 cm³/mol. The molecule has 0 fully saturated rings. The number of nitrogens with one attached hydrogen (secondary N) is 2. The van der Waals surface area contributed by atoms with Crippen LogP contribution in [0.4, 0.5) is 11.4 Å². The Morgan fingerprint density at radius 3 is 2.70 bits per heavy atom. The van der Waals surface area contributed by atoms with Gasteiger partial charge in [-0.3, -0.25) is 19.7 Å². The molecule has 0 saturated carbocycles. The first kappa shape index (κ1) is 16.7. The molecule has 0 aliphatic carbocycles. The SMILES string of the molecule is O=C(NCc1cccnc1)c1cc(Nc2cccc3cccnc23)ccn1. The Balaban J connectivity index is 1.51. The van der Waals surface area contributed by atoms with E-state index in [1.54, 1.807) is 30.9 Å². The standard InChI is InChI=1S/C21H17N5O/c27-21(25-14-15-4-2-9-22-13-15)19-12-17(8-11-23-19)26-18-7-1-5-16-6-3-10-24-20(16)18/h1-13H,14H2,(H,23,26)(H,25,27). The molecule has 0 bridgehead atoms. The summed E-state index contributed by atoms with van der Waals surface area (Å²) in [5, 5.41) is 7.23. The van der Waals surface area contributed by atoms with Crippen LogP contribution in [0.1, 0.15) is 16.1 Å². The van der Waals surface area contributed by atoms with E-state index in [-0.39, 0.29) is 5.91 Å². The molecule has 0 unspecified atom stereocenters. The zero-order valence-corrected chi connectivity index (χ0v) is 14.5. The molecule has 27 heavy (non-hydrogen) atoms. The average Bonchev–Trinajstić information content (AvgIpc) is 2.73. The molecule has 0 spiro atoms. The van der Waals surface area contributed by atoms with E-state index in [1.165, 1.54) is 0 Å². The van der Waals surface area contributed by atoms with Crippen molar-refractivity contribution in [3.8, 4) is 0 Å². The Hall–Kier alpha value is -3.80. The van der Waals surface area contributed by atoms with E-state index >= 15 is 0 Å². The van der Waals surface area contributed by atoms with Crippen LogP contribution in [0, 0.1) is 0 Å². The Labute approximate surface area is 156 Å². The second-order valence-corrected chi connectivity index (χ2v) is 5.98. The van der Waals surface area contributed by atoms with Gasteiger partial charge in [0.25, 0.3) is 5.91 Å². The van der Waals surface area contributed by atoms with E-state index < -0.39 is 0 Å². The molecule has 3 aromatic heterocycles. The van der Waals surface area contributed by atoms with Crippen molar-refractivity contribution < 1.29 is 4.79 Å². The van der Waals surface area contributed by atoms with Crippen LogP contribution >= 0.6 is 0 Å². The number of rotatable bonds is 5. The number of amides is 1. The summed E-state index contributed by atoms with van der Waals surface area (Å²) in [6.07, 6.45) is 6.79. The molecule has 132 valence electrons. The summed E-state index contributed by atoms with van der Waals surface area (Å²) in [6, 6.07) is 17.1. The lowest BCUT2D eigenvalue weighted by Gasteiger charge is -2.10. The number of nitrogens with zero attached hydrogens (tertiary/aromatic N) is 3. The molecule has 2 N–H and O–H groups in total. The molecule has 3 heterocycles. The van der Waals surface area contributed by atoms with Crippen molar-refractivity contribution in [2.24, 2.45) is 0 Å². The number of hydrogen-bond acceptors (Lipinski definition) is 5. The first-order valence-corrected chi connectivity index (χ1v) is 8.53. The summed E-state index contributed by atoms with van der Waals surface area (Å²) in [5.74, 6) is -0.237. The lowest BCUT2D eigenvalue weighted by atomic mass is 10.2. The van der Waals surface area contributed by atoms with E-state index in [0.29, 0.717) is 12.2 Å². The minimum atomic E-state index is -0.237. The minimum Gasteiger partial charge on any atom is -0.354 e. The first-order chi connectivity index (χ1) is 13.3. The van der Waals surface area contributed by atoms with Gasteiger partial charge in [0, 0.05) is 42.4 Å². The minimum absolute atomic E-state index is 0.237. The van der Waals surface area contributed by atoms with Gasteiger partial charge < -0.3 is 10.6 Å². The van der Waals surface area contributed by atoms with Crippen molar-refractivity contribution >= 4 is 28.2 Å². The fraction of sp³-hybridized carbons (Fsp3) is 0.0476. The lowest BCUT2D eigenvalue weighted by molar-refractivity contribution is 0.0946. The van der Waals surface area contributed by atoms with Gasteiger partial charge in [-0.1, -0.05) is 24.3 Å². The molecule has 6 heteroatoms. The maximum Gasteiger partial charge on any atom is 0.270 e. The molecular weight excluding hydrogens is 338 g/mol. The third kappa shape index (κ3) is 3.90. The number of benzene rings is 1. The Bertz CT molecular complexity index is 1080. The normalized spacial score (nSPS) is 10.5. The van der Waals surface area contributed by atoms with Crippen LogP contribution in [-0.2, 0) is 6.54 Å². The van der Waals surface area contributed by atoms with Crippen molar-refractivity contribution in [1.82, 2.24) is 20.3 Å². The fourth-order valence-corrected chi connectivity index (χ4v) is 2.77. The number of carbonyl (C=O) groups excluding carboxylic acids is 1. The zero-order valence-electron chi connectivity index (χ0n) is 14.5. The van der Waals surface area contributed by atoms with Crippen LogP contribution < -0.4 is 10.6 Å². The smallest absolute Gasteiger partial charge is 0.270 e.